The summed E-state index contributed by atoms with van der Waals surface area (Å²) < 4.78 is 10.5. The molecule has 0 saturated heterocycles. The number of rotatable bonds is 5. The molecule has 0 N–H and O–H groups in total. The summed E-state index contributed by atoms with van der Waals surface area (Å²) in [4.78, 5) is 38.9. The molecule has 9 heteroatoms. The van der Waals surface area contributed by atoms with Gasteiger partial charge in [-0.15, -0.1) is 0 Å². The number of aliphatic imine (C=N–C) groups is 1. The Labute approximate surface area is 186 Å². The summed E-state index contributed by atoms with van der Waals surface area (Å²) in [5, 5.41) is 11.3. The Morgan fingerprint density at radius 1 is 1.06 bits per heavy atom. The van der Waals surface area contributed by atoms with E-state index in [0.717, 1.165) is 6.07 Å². The van der Waals surface area contributed by atoms with Crippen molar-refractivity contribution in [2.24, 2.45) is 4.99 Å². The lowest BCUT2D eigenvalue weighted by Crippen LogP contribution is -2.08. The summed E-state index contributed by atoms with van der Waals surface area (Å²) in [6.45, 7) is 0. The van der Waals surface area contributed by atoms with Crippen LogP contribution in [0, 0.1) is 10.1 Å². The van der Waals surface area contributed by atoms with Crippen molar-refractivity contribution in [2.75, 3.05) is 0 Å². The summed E-state index contributed by atoms with van der Waals surface area (Å²) in [5.74, 6) is -0.985. The second-order valence-corrected chi connectivity index (χ2v) is 6.99. The standard InChI is InChI=1S/C23H13ClN2O6/c24-19-7-2-1-6-18(19)21-25-20(23(28)32-21)12-14-8-10-17(11-9-14)31-22(27)15-4-3-5-16(13-15)26(29)30/h1-13H. The van der Waals surface area contributed by atoms with Gasteiger partial charge >= 0.3 is 11.9 Å². The van der Waals surface area contributed by atoms with Crippen LogP contribution < -0.4 is 4.74 Å². The fraction of sp³-hybridized carbons (Fsp3) is 0. The highest BCUT2D eigenvalue weighted by Gasteiger charge is 2.25. The first kappa shape index (κ1) is 21.0. The fourth-order valence-corrected chi connectivity index (χ4v) is 3.08. The van der Waals surface area contributed by atoms with Gasteiger partial charge in [0, 0.05) is 12.1 Å². The van der Waals surface area contributed by atoms with E-state index in [1.165, 1.54) is 36.4 Å². The normalized spacial score (nSPS) is 14.1. The third kappa shape index (κ3) is 4.55. The van der Waals surface area contributed by atoms with E-state index in [0.29, 0.717) is 16.1 Å². The minimum atomic E-state index is -0.729. The van der Waals surface area contributed by atoms with Crippen LogP contribution in [0.1, 0.15) is 21.5 Å². The molecule has 1 aliphatic rings. The largest absolute Gasteiger partial charge is 0.423 e. The van der Waals surface area contributed by atoms with Crippen LogP contribution in [0.4, 0.5) is 5.69 Å². The molecule has 0 atom stereocenters. The number of non-ortho nitro benzene ring substituents is 1. The fourth-order valence-electron chi connectivity index (χ4n) is 2.86. The van der Waals surface area contributed by atoms with Gasteiger partial charge in [-0.3, -0.25) is 10.1 Å². The van der Waals surface area contributed by atoms with Crippen LogP contribution >= 0.6 is 11.6 Å². The quantitative estimate of drug-likeness (QED) is 0.182. The van der Waals surface area contributed by atoms with Crippen molar-refractivity contribution in [3.8, 4) is 5.75 Å². The molecule has 1 heterocycles. The Bertz CT molecular complexity index is 1300. The number of nitro groups is 1. The number of benzene rings is 3. The SMILES string of the molecule is O=C1OC(c2ccccc2Cl)=NC1=Cc1ccc(OC(=O)c2cccc([N+](=O)[O-])c2)cc1. The van der Waals surface area contributed by atoms with Gasteiger partial charge in [0.25, 0.3) is 5.69 Å². The number of nitro benzene ring substituents is 1. The zero-order chi connectivity index (χ0) is 22.7. The molecule has 0 aliphatic carbocycles. The molecule has 3 aromatic rings. The highest BCUT2D eigenvalue weighted by Crippen LogP contribution is 2.24. The van der Waals surface area contributed by atoms with Crippen LogP contribution in [0.5, 0.6) is 5.75 Å². The van der Waals surface area contributed by atoms with Gasteiger partial charge in [0.2, 0.25) is 5.90 Å². The Kier molecular flexibility index (Phi) is 5.78. The van der Waals surface area contributed by atoms with Crippen LogP contribution in [0.3, 0.4) is 0 Å². The van der Waals surface area contributed by atoms with Crippen LogP contribution in [-0.2, 0) is 9.53 Å². The Morgan fingerprint density at radius 2 is 1.81 bits per heavy atom. The maximum Gasteiger partial charge on any atom is 0.363 e. The van der Waals surface area contributed by atoms with E-state index in [2.05, 4.69) is 4.99 Å². The van der Waals surface area contributed by atoms with Crippen molar-refractivity contribution in [1.29, 1.82) is 0 Å². The predicted octanol–water partition coefficient (Wildman–Crippen LogP) is 4.81. The molecule has 4 rings (SSSR count). The van der Waals surface area contributed by atoms with Crippen molar-refractivity contribution in [3.63, 3.8) is 0 Å². The summed E-state index contributed by atoms with van der Waals surface area (Å²) in [5.41, 5.74) is 1.08. The monoisotopic (exact) mass is 448 g/mol. The van der Waals surface area contributed by atoms with Crippen molar-refractivity contribution < 1.29 is 24.0 Å². The minimum absolute atomic E-state index is 0.0561. The number of hydrogen-bond donors (Lipinski definition) is 0. The Morgan fingerprint density at radius 3 is 2.53 bits per heavy atom. The van der Waals surface area contributed by atoms with Crippen LogP contribution in [-0.4, -0.2) is 22.8 Å². The van der Waals surface area contributed by atoms with Crippen LogP contribution in [0.2, 0.25) is 5.02 Å². The second-order valence-electron chi connectivity index (χ2n) is 6.58. The first-order valence-corrected chi connectivity index (χ1v) is 9.63. The highest BCUT2D eigenvalue weighted by molar-refractivity contribution is 6.34. The first-order chi connectivity index (χ1) is 15.4. The van der Waals surface area contributed by atoms with E-state index in [1.807, 2.05) is 0 Å². The van der Waals surface area contributed by atoms with Crippen molar-refractivity contribution >= 4 is 41.2 Å². The van der Waals surface area contributed by atoms with Crippen molar-refractivity contribution in [3.05, 3.63) is 110 Å². The van der Waals surface area contributed by atoms with Gasteiger partial charge in [0.05, 0.1) is 21.1 Å². The molecule has 1 aliphatic heterocycles. The van der Waals surface area contributed by atoms with Gasteiger partial charge in [-0.2, -0.15) is 0 Å². The lowest BCUT2D eigenvalue weighted by molar-refractivity contribution is -0.384. The van der Waals surface area contributed by atoms with Crippen molar-refractivity contribution in [2.45, 2.75) is 0 Å². The first-order valence-electron chi connectivity index (χ1n) is 9.25. The van der Waals surface area contributed by atoms with Crippen LogP contribution in [0.15, 0.2) is 83.5 Å². The van der Waals surface area contributed by atoms with Crippen molar-refractivity contribution in [1.82, 2.24) is 0 Å². The van der Waals surface area contributed by atoms with E-state index in [-0.39, 0.29) is 28.6 Å². The van der Waals surface area contributed by atoms with E-state index < -0.39 is 16.9 Å². The Balaban J connectivity index is 1.49. The molecule has 158 valence electrons. The number of carbonyl (C=O) groups is 2. The molecule has 0 amide bonds. The number of ether oxygens (including phenoxy) is 2. The van der Waals surface area contributed by atoms with E-state index in [1.54, 1.807) is 36.4 Å². The van der Waals surface area contributed by atoms with Gasteiger partial charge in [0.15, 0.2) is 5.70 Å². The summed E-state index contributed by atoms with van der Waals surface area (Å²) in [6.07, 6.45) is 1.53. The zero-order valence-corrected chi connectivity index (χ0v) is 17.0. The number of hydrogen-bond acceptors (Lipinski definition) is 7. The molecule has 3 aromatic carbocycles. The molecule has 0 aromatic heterocycles. The molecular weight excluding hydrogens is 436 g/mol. The summed E-state index contributed by atoms with van der Waals surface area (Å²) in [7, 11) is 0. The van der Waals surface area contributed by atoms with Gasteiger partial charge in [-0.05, 0) is 42.0 Å². The number of halogens is 1. The number of esters is 2. The maximum absolute atomic E-state index is 12.2. The maximum atomic E-state index is 12.2. The third-order valence-corrected chi connectivity index (χ3v) is 4.74. The smallest absolute Gasteiger partial charge is 0.363 e. The molecular formula is C23H13ClN2O6. The Hall–Kier alpha value is -4.30. The van der Waals surface area contributed by atoms with Crippen LogP contribution in [0.25, 0.3) is 6.08 Å². The molecule has 8 nitrogen and oxygen atoms in total. The minimum Gasteiger partial charge on any atom is -0.423 e. The second kappa shape index (κ2) is 8.83. The highest BCUT2D eigenvalue weighted by atomic mass is 35.5. The number of carbonyl (C=O) groups excluding carboxylic acids is 2. The van der Waals surface area contributed by atoms with Gasteiger partial charge in [-0.25, -0.2) is 14.6 Å². The molecule has 0 unspecified atom stereocenters. The molecule has 32 heavy (non-hydrogen) atoms. The van der Waals surface area contributed by atoms with E-state index >= 15 is 0 Å². The van der Waals surface area contributed by atoms with E-state index in [9.17, 15) is 19.7 Å². The molecule has 0 saturated carbocycles. The molecule has 0 bridgehead atoms. The molecule has 0 spiro atoms. The topological polar surface area (TPSA) is 108 Å². The third-order valence-electron chi connectivity index (χ3n) is 4.41. The zero-order valence-electron chi connectivity index (χ0n) is 16.2. The van der Waals surface area contributed by atoms with Gasteiger partial charge in [0.1, 0.15) is 5.75 Å². The summed E-state index contributed by atoms with van der Waals surface area (Å²) in [6, 6.07) is 18.4. The predicted molar refractivity (Wildman–Crippen MR) is 117 cm³/mol. The number of cyclic esters (lactones) is 1. The molecule has 0 fully saturated rings. The average molecular weight is 449 g/mol. The average Bonchev–Trinajstić information content (AvgIpc) is 3.15. The lowest BCUT2D eigenvalue weighted by atomic mass is 10.2. The number of nitrogens with zero attached hydrogens (tertiary/aromatic N) is 2. The van der Waals surface area contributed by atoms with E-state index in [4.69, 9.17) is 21.1 Å². The summed E-state index contributed by atoms with van der Waals surface area (Å²) >= 11 is 6.12. The lowest BCUT2D eigenvalue weighted by Gasteiger charge is -2.04. The van der Waals surface area contributed by atoms with Gasteiger partial charge in [-0.1, -0.05) is 41.9 Å². The van der Waals surface area contributed by atoms with Gasteiger partial charge < -0.3 is 9.47 Å². The molecule has 0 radical (unpaired) electrons.